The van der Waals surface area contributed by atoms with E-state index in [2.05, 4.69) is 32.7 Å². The topological polar surface area (TPSA) is 50.8 Å². The third-order valence-corrected chi connectivity index (χ3v) is 5.12. The molecule has 1 unspecified atom stereocenters. The van der Waals surface area contributed by atoms with E-state index in [0.717, 1.165) is 28.3 Å². The molecule has 1 heterocycles. The molecule has 1 aliphatic rings. The second kappa shape index (κ2) is 8.66. The number of amides is 1. The highest BCUT2D eigenvalue weighted by Gasteiger charge is 2.23. The average Bonchev–Trinajstić information content (AvgIpc) is 2.68. The molecule has 0 bridgehead atoms. The first-order valence-corrected chi connectivity index (χ1v) is 9.48. The number of fused-ring (bicyclic) bond motifs is 1. The third-order valence-electron chi connectivity index (χ3n) is 4.47. The van der Waals surface area contributed by atoms with Crippen molar-refractivity contribution < 1.29 is 14.3 Å². The summed E-state index contributed by atoms with van der Waals surface area (Å²) >= 11 is 3.58. The van der Waals surface area contributed by atoms with Gasteiger partial charge in [-0.1, -0.05) is 52.9 Å². The molecule has 0 spiro atoms. The highest BCUT2D eigenvalue weighted by molar-refractivity contribution is 9.10. The molecule has 1 N–H and O–H groups in total. The van der Waals surface area contributed by atoms with Crippen LogP contribution in [0.4, 0.5) is 0 Å². The van der Waals surface area contributed by atoms with Crippen LogP contribution in [0.2, 0.25) is 0 Å². The first-order chi connectivity index (χ1) is 12.6. The van der Waals surface area contributed by atoms with Crippen LogP contribution < -0.4 is 10.1 Å². The summed E-state index contributed by atoms with van der Waals surface area (Å²) in [5.74, 6) is 0.421. The van der Waals surface area contributed by atoms with Gasteiger partial charge in [0.1, 0.15) is 12.4 Å². The molecule has 0 aromatic heterocycles. The number of carbonyl (C=O) groups excluding carboxylic acids is 1. The minimum absolute atomic E-state index is 0.0797. The first-order valence-electron chi connectivity index (χ1n) is 8.69. The fourth-order valence-corrected chi connectivity index (χ4v) is 3.67. The number of ether oxygens (including phenoxy) is 2. The van der Waals surface area contributed by atoms with Crippen LogP contribution in [0.1, 0.15) is 17.3 Å². The monoisotopic (exact) mass is 418 g/mol. The summed E-state index contributed by atoms with van der Waals surface area (Å²) in [6, 6.07) is 9.68. The highest BCUT2D eigenvalue weighted by atomic mass is 79.9. The quantitative estimate of drug-likeness (QED) is 0.728. The maximum Gasteiger partial charge on any atom is 0.256 e. The van der Waals surface area contributed by atoms with Gasteiger partial charge < -0.3 is 14.8 Å². The Morgan fingerprint density at radius 3 is 2.77 bits per heavy atom. The van der Waals surface area contributed by atoms with Gasteiger partial charge in [-0.15, -0.1) is 0 Å². The average molecular weight is 419 g/mol. The van der Waals surface area contributed by atoms with Crippen LogP contribution in [0.3, 0.4) is 0 Å². The van der Waals surface area contributed by atoms with E-state index in [9.17, 15) is 4.79 Å². The summed E-state index contributed by atoms with van der Waals surface area (Å²) in [6.45, 7) is 9.03. The summed E-state index contributed by atoms with van der Waals surface area (Å²) in [6.07, 6.45) is 1.60. The molecular formula is C20H23BrN2O3. The van der Waals surface area contributed by atoms with Gasteiger partial charge in [-0.25, -0.2) is 0 Å². The van der Waals surface area contributed by atoms with Gasteiger partial charge >= 0.3 is 0 Å². The number of morpholine rings is 1. The lowest BCUT2D eigenvalue weighted by atomic mass is 10.0. The smallest absolute Gasteiger partial charge is 0.256 e. The van der Waals surface area contributed by atoms with Crippen LogP contribution in [-0.4, -0.2) is 49.9 Å². The van der Waals surface area contributed by atoms with E-state index in [1.807, 2.05) is 37.3 Å². The SMILES string of the molecule is C=CCOc1c(C(=O)NC(C)N2CCOCC2)cc(Br)c2ccccc12. The predicted molar refractivity (Wildman–Crippen MR) is 107 cm³/mol. The zero-order valence-corrected chi connectivity index (χ0v) is 16.4. The molecule has 5 nitrogen and oxygen atoms in total. The highest BCUT2D eigenvalue weighted by Crippen LogP contribution is 2.35. The van der Waals surface area contributed by atoms with Crippen LogP contribution in [-0.2, 0) is 4.74 Å². The van der Waals surface area contributed by atoms with Crippen molar-refractivity contribution in [2.75, 3.05) is 32.9 Å². The van der Waals surface area contributed by atoms with Gasteiger partial charge in [-0.3, -0.25) is 9.69 Å². The van der Waals surface area contributed by atoms with Crippen molar-refractivity contribution in [3.05, 3.63) is 53.0 Å². The Morgan fingerprint density at radius 2 is 2.08 bits per heavy atom. The summed E-state index contributed by atoms with van der Waals surface area (Å²) in [4.78, 5) is 15.2. The van der Waals surface area contributed by atoms with Gasteiger partial charge in [0.25, 0.3) is 5.91 Å². The van der Waals surface area contributed by atoms with E-state index in [-0.39, 0.29) is 12.1 Å². The normalized spacial score (nSPS) is 16.2. The molecule has 0 aliphatic carbocycles. The van der Waals surface area contributed by atoms with Gasteiger partial charge in [0.15, 0.2) is 0 Å². The van der Waals surface area contributed by atoms with Crippen molar-refractivity contribution in [1.29, 1.82) is 0 Å². The molecule has 138 valence electrons. The Kier molecular flexibility index (Phi) is 6.29. The molecule has 0 radical (unpaired) electrons. The van der Waals surface area contributed by atoms with Crippen molar-refractivity contribution in [3.8, 4) is 5.75 Å². The summed E-state index contributed by atoms with van der Waals surface area (Å²) < 4.78 is 12.1. The minimum atomic E-state index is -0.158. The summed E-state index contributed by atoms with van der Waals surface area (Å²) in [5, 5.41) is 4.98. The molecule has 1 saturated heterocycles. The van der Waals surface area contributed by atoms with Crippen molar-refractivity contribution in [2.24, 2.45) is 0 Å². The second-order valence-electron chi connectivity index (χ2n) is 6.18. The number of carbonyl (C=O) groups is 1. The lowest BCUT2D eigenvalue weighted by Crippen LogP contribution is -2.50. The number of rotatable bonds is 6. The van der Waals surface area contributed by atoms with E-state index >= 15 is 0 Å². The standard InChI is InChI=1S/C20H23BrN2O3/c1-3-10-26-19-16-7-5-4-6-15(16)18(21)13-17(19)20(24)22-14(2)23-8-11-25-12-9-23/h3-7,13-14H,1,8-12H2,2H3,(H,22,24). The Labute approximate surface area is 162 Å². The van der Waals surface area contributed by atoms with Gasteiger partial charge in [-0.2, -0.15) is 0 Å². The van der Waals surface area contributed by atoms with Crippen LogP contribution >= 0.6 is 15.9 Å². The van der Waals surface area contributed by atoms with Gasteiger partial charge in [0.2, 0.25) is 0 Å². The van der Waals surface area contributed by atoms with Crippen LogP contribution in [0.25, 0.3) is 10.8 Å². The molecule has 26 heavy (non-hydrogen) atoms. The van der Waals surface area contributed by atoms with E-state index in [4.69, 9.17) is 9.47 Å². The van der Waals surface area contributed by atoms with Gasteiger partial charge in [0.05, 0.1) is 24.9 Å². The Hall–Kier alpha value is -1.89. The van der Waals surface area contributed by atoms with Crippen molar-refractivity contribution in [2.45, 2.75) is 13.1 Å². The molecule has 2 aromatic carbocycles. The maximum atomic E-state index is 13.0. The van der Waals surface area contributed by atoms with Gasteiger partial charge in [0, 0.05) is 22.9 Å². The number of hydrogen-bond donors (Lipinski definition) is 1. The molecule has 1 fully saturated rings. The third kappa shape index (κ3) is 4.09. The number of halogens is 1. The molecule has 0 saturated carbocycles. The van der Waals surface area contributed by atoms with Crippen molar-refractivity contribution in [3.63, 3.8) is 0 Å². The van der Waals surface area contributed by atoms with Crippen LogP contribution in [0.15, 0.2) is 47.5 Å². The minimum Gasteiger partial charge on any atom is -0.488 e. The zero-order valence-electron chi connectivity index (χ0n) is 14.8. The van der Waals surface area contributed by atoms with E-state index in [1.165, 1.54) is 0 Å². The first kappa shape index (κ1) is 18.9. The Bertz CT molecular complexity index is 803. The number of nitrogens with zero attached hydrogens (tertiary/aromatic N) is 1. The van der Waals surface area contributed by atoms with Crippen molar-refractivity contribution >= 4 is 32.6 Å². The molecular weight excluding hydrogens is 396 g/mol. The van der Waals surface area contributed by atoms with E-state index < -0.39 is 0 Å². The molecule has 2 aromatic rings. The molecule has 1 aliphatic heterocycles. The van der Waals surface area contributed by atoms with Crippen LogP contribution in [0.5, 0.6) is 5.75 Å². The lowest BCUT2D eigenvalue weighted by Gasteiger charge is -2.32. The Balaban J connectivity index is 1.91. The summed E-state index contributed by atoms with van der Waals surface area (Å²) in [7, 11) is 0. The Morgan fingerprint density at radius 1 is 1.38 bits per heavy atom. The largest absolute Gasteiger partial charge is 0.488 e. The van der Waals surface area contributed by atoms with Crippen molar-refractivity contribution in [1.82, 2.24) is 10.2 Å². The molecule has 3 rings (SSSR count). The van der Waals surface area contributed by atoms with Gasteiger partial charge in [-0.05, 0) is 18.4 Å². The van der Waals surface area contributed by atoms with E-state index in [0.29, 0.717) is 31.1 Å². The number of hydrogen-bond acceptors (Lipinski definition) is 4. The fraction of sp³-hybridized carbons (Fsp3) is 0.350. The number of nitrogens with one attached hydrogen (secondary N) is 1. The fourth-order valence-electron chi connectivity index (χ4n) is 3.09. The number of benzene rings is 2. The summed E-state index contributed by atoms with van der Waals surface area (Å²) in [5.41, 5.74) is 0.512. The predicted octanol–water partition coefficient (Wildman–Crippen LogP) is 3.58. The maximum absolute atomic E-state index is 13.0. The zero-order chi connectivity index (χ0) is 18.5. The lowest BCUT2D eigenvalue weighted by molar-refractivity contribution is 0.0133. The van der Waals surface area contributed by atoms with E-state index in [1.54, 1.807) is 6.08 Å². The second-order valence-corrected chi connectivity index (χ2v) is 7.03. The molecule has 6 heteroatoms. The van der Waals surface area contributed by atoms with Crippen LogP contribution in [0, 0.1) is 0 Å². The molecule has 1 atom stereocenters. The molecule has 1 amide bonds.